The number of urea groups is 1. The molecule has 0 fully saturated rings. The fourth-order valence-corrected chi connectivity index (χ4v) is 4.06. The Bertz CT molecular complexity index is 1250. The van der Waals surface area contributed by atoms with Crippen LogP contribution in [0.4, 0.5) is 9.93 Å². The van der Waals surface area contributed by atoms with Crippen molar-refractivity contribution in [2.45, 2.75) is 13.8 Å². The average molecular weight is 448 g/mol. The summed E-state index contributed by atoms with van der Waals surface area (Å²) < 4.78 is 5.40. The van der Waals surface area contributed by atoms with Crippen molar-refractivity contribution in [3.05, 3.63) is 54.1 Å². The van der Waals surface area contributed by atoms with Gasteiger partial charge in [0.1, 0.15) is 11.4 Å². The summed E-state index contributed by atoms with van der Waals surface area (Å²) in [6.07, 6.45) is 6.51. The maximum Gasteiger partial charge on any atom is 0.320 e. The molecule has 0 bridgehead atoms. The molecule has 4 aromatic rings. The van der Waals surface area contributed by atoms with E-state index < -0.39 is 0 Å². The van der Waals surface area contributed by atoms with E-state index in [0.717, 1.165) is 33.0 Å². The van der Waals surface area contributed by atoms with E-state index in [9.17, 15) is 4.79 Å². The molecule has 0 radical (unpaired) electrons. The third-order valence-corrected chi connectivity index (χ3v) is 5.66. The van der Waals surface area contributed by atoms with Crippen LogP contribution in [0, 0.1) is 13.8 Å². The number of carbonyl (C=O) groups is 1. The predicted octanol–water partition coefficient (Wildman–Crippen LogP) is 4.10. The second kappa shape index (κ2) is 9.06. The van der Waals surface area contributed by atoms with Crippen LogP contribution in [0.15, 0.2) is 43.0 Å². The molecule has 162 valence electrons. The van der Waals surface area contributed by atoms with Gasteiger partial charge in [0.05, 0.1) is 29.6 Å². The number of methoxy groups -OCH3 is 1. The lowest BCUT2D eigenvalue weighted by Gasteiger charge is -2.13. The van der Waals surface area contributed by atoms with Crippen LogP contribution in [0.3, 0.4) is 0 Å². The molecule has 32 heavy (non-hydrogen) atoms. The maximum atomic E-state index is 11.6. The molecule has 2 N–H and O–H groups in total. The van der Waals surface area contributed by atoms with Gasteiger partial charge in [-0.2, -0.15) is 0 Å². The molecule has 0 atom stereocenters. The van der Waals surface area contributed by atoms with E-state index in [4.69, 9.17) is 14.7 Å². The van der Waals surface area contributed by atoms with E-state index in [2.05, 4.69) is 25.6 Å². The van der Waals surface area contributed by atoms with Crippen molar-refractivity contribution in [1.82, 2.24) is 30.2 Å². The molecule has 0 saturated carbocycles. The topological polar surface area (TPSA) is 115 Å². The molecule has 0 aliphatic rings. The van der Waals surface area contributed by atoms with Crippen molar-refractivity contribution < 1.29 is 9.53 Å². The van der Waals surface area contributed by atoms with Crippen LogP contribution < -0.4 is 15.4 Å². The molecule has 0 saturated heterocycles. The summed E-state index contributed by atoms with van der Waals surface area (Å²) in [4.78, 5) is 34.7. The highest BCUT2D eigenvalue weighted by Crippen LogP contribution is 2.35. The second-order valence-electron chi connectivity index (χ2n) is 6.92. The lowest BCUT2D eigenvalue weighted by molar-refractivity contribution is 0.254. The summed E-state index contributed by atoms with van der Waals surface area (Å²) in [5.74, 6) is 1.24. The van der Waals surface area contributed by atoms with E-state index in [1.54, 1.807) is 38.9 Å². The largest absolute Gasteiger partial charge is 0.497 e. The quantitative estimate of drug-likeness (QED) is 0.473. The van der Waals surface area contributed by atoms with Crippen LogP contribution in [0.5, 0.6) is 5.75 Å². The number of nitrogens with zero attached hydrogens (tertiary/aromatic N) is 5. The minimum Gasteiger partial charge on any atom is -0.497 e. The molecule has 1 aromatic carbocycles. The Morgan fingerprint density at radius 1 is 0.969 bits per heavy atom. The molecule has 9 nitrogen and oxygen atoms in total. The van der Waals surface area contributed by atoms with Crippen LogP contribution in [0.1, 0.15) is 11.1 Å². The summed E-state index contributed by atoms with van der Waals surface area (Å²) >= 11 is 1.32. The fourth-order valence-electron chi connectivity index (χ4n) is 3.29. The monoisotopic (exact) mass is 447 g/mol. The number of amides is 2. The molecule has 3 heterocycles. The third-order valence-electron chi connectivity index (χ3n) is 4.72. The van der Waals surface area contributed by atoms with Crippen LogP contribution in [0.25, 0.3) is 33.3 Å². The number of anilines is 1. The van der Waals surface area contributed by atoms with Gasteiger partial charge in [-0.15, -0.1) is 0 Å². The highest BCUT2D eigenvalue weighted by Gasteiger charge is 2.17. The number of rotatable bonds is 5. The molecule has 0 aliphatic heterocycles. The number of nitrogens with one attached hydrogen (secondary N) is 2. The first-order valence-corrected chi connectivity index (χ1v) is 10.6. The minimum absolute atomic E-state index is 0.334. The number of thiazole rings is 1. The van der Waals surface area contributed by atoms with Crippen molar-refractivity contribution >= 4 is 22.5 Å². The summed E-state index contributed by atoms with van der Waals surface area (Å²) in [7, 11) is 3.20. The molecule has 3 aromatic heterocycles. The number of hydrogen-bond acceptors (Lipinski definition) is 8. The third kappa shape index (κ3) is 4.40. The predicted molar refractivity (Wildman–Crippen MR) is 124 cm³/mol. The first-order chi connectivity index (χ1) is 15.5. The smallest absolute Gasteiger partial charge is 0.320 e. The van der Waals surface area contributed by atoms with E-state index in [1.165, 1.54) is 11.3 Å². The van der Waals surface area contributed by atoms with Gasteiger partial charge >= 0.3 is 6.03 Å². The summed E-state index contributed by atoms with van der Waals surface area (Å²) in [5, 5.41) is 5.66. The Labute approximate surface area is 189 Å². The van der Waals surface area contributed by atoms with Gasteiger partial charge in [-0.05, 0) is 43.2 Å². The van der Waals surface area contributed by atoms with Crippen LogP contribution >= 0.6 is 11.3 Å². The van der Waals surface area contributed by atoms with Crippen molar-refractivity contribution in [3.63, 3.8) is 0 Å². The van der Waals surface area contributed by atoms with Gasteiger partial charge in [-0.25, -0.2) is 24.7 Å². The van der Waals surface area contributed by atoms with Gasteiger partial charge in [-0.1, -0.05) is 11.3 Å². The number of carbonyl (C=O) groups excluding carboxylic acids is 1. The maximum absolute atomic E-state index is 11.6. The lowest BCUT2D eigenvalue weighted by Crippen LogP contribution is -2.24. The number of hydrogen-bond donors (Lipinski definition) is 2. The zero-order valence-electron chi connectivity index (χ0n) is 18.0. The summed E-state index contributed by atoms with van der Waals surface area (Å²) in [6.45, 7) is 4.04. The summed E-state index contributed by atoms with van der Waals surface area (Å²) in [5.41, 5.74) is 5.04. The van der Waals surface area contributed by atoms with Gasteiger partial charge < -0.3 is 10.1 Å². The van der Waals surface area contributed by atoms with Crippen molar-refractivity contribution in [2.24, 2.45) is 0 Å². The summed E-state index contributed by atoms with van der Waals surface area (Å²) in [6, 6.07) is 5.53. The average Bonchev–Trinajstić information content (AvgIpc) is 3.27. The lowest BCUT2D eigenvalue weighted by atomic mass is 9.98. The number of ether oxygens (including phenoxy) is 1. The Hall–Kier alpha value is -3.92. The zero-order valence-corrected chi connectivity index (χ0v) is 18.8. The first kappa shape index (κ1) is 21.3. The normalized spacial score (nSPS) is 10.6. The molecule has 0 aliphatic carbocycles. The SMILES string of the molecule is CNC(=O)Nc1ncc(-c2cc(-c3c(C)cc(OC)cc3C)nc(-c3cnccn3)n2)s1. The van der Waals surface area contributed by atoms with Crippen LogP contribution in [-0.2, 0) is 0 Å². The Morgan fingerprint density at radius 2 is 1.72 bits per heavy atom. The minimum atomic E-state index is -0.334. The molecule has 10 heteroatoms. The standard InChI is InChI=1S/C22H21N7O2S/c1-12-7-14(31-4)8-13(2)19(12)16-9-15(18-11-26-22(32-18)29-21(30)23-3)27-20(28-16)17-10-24-5-6-25-17/h5-11H,1-4H3,(H2,23,26,29,30). The van der Waals surface area contributed by atoms with Crippen LogP contribution in [0.2, 0.25) is 0 Å². The van der Waals surface area contributed by atoms with Gasteiger partial charge in [0.15, 0.2) is 11.0 Å². The van der Waals surface area contributed by atoms with Gasteiger partial charge in [0, 0.05) is 31.2 Å². The Kier molecular flexibility index (Phi) is 6.04. The zero-order chi connectivity index (χ0) is 22.7. The van der Waals surface area contributed by atoms with Gasteiger partial charge in [0.2, 0.25) is 0 Å². The van der Waals surface area contributed by atoms with Crippen molar-refractivity contribution in [2.75, 3.05) is 19.5 Å². The molecule has 0 spiro atoms. The molecular formula is C22H21N7O2S. The van der Waals surface area contributed by atoms with E-state index in [1.807, 2.05) is 32.0 Å². The molecule has 0 unspecified atom stereocenters. The second-order valence-corrected chi connectivity index (χ2v) is 7.95. The number of aromatic nitrogens is 5. The Balaban J connectivity index is 1.86. The van der Waals surface area contributed by atoms with Gasteiger partial charge in [-0.3, -0.25) is 10.3 Å². The first-order valence-electron chi connectivity index (χ1n) is 9.74. The van der Waals surface area contributed by atoms with Gasteiger partial charge in [0.25, 0.3) is 0 Å². The van der Waals surface area contributed by atoms with E-state index in [-0.39, 0.29) is 6.03 Å². The molecule has 4 rings (SSSR count). The fraction of sp³-hybridized carbons (Fsp3) is 0.182. The van der Waals surface area contributed by atoms with Crippen molar-refractivity contribution in [3.8, 4) is 39.1 Å². The van der Waals surface area contributed by atoms with Crippen LogP contribution in [-0.4, -0.2) is 45.1 Å². The number of aryl methyl sites for hydroxylation is 2. The number of benzene rings is 1. The van der Waals surface area contributed by atoms with Crippen molar-refractivity contribution in [1.29, 1.82) is 0 Å². The molecule has 2 amide bonds. The Morgan fingerprint density at radius 3 is 2.38 bits per heavy atom. The highest BCUT2D eigenvalue weighted by atomic mass is 32.1. The highest BCUT2D eigenvalue weighted by molar-refractivity contribution is 7.19. The van der Waals surface area contributed by atoms with E-state index >= 15 is 0 Å². The van der Waals surface area contributed by atoms with E-state index in [0.29, 0.717) is 22.3 Å². The molecular weight excluding hydrogens is 426 g/mol.